The Morgan fingerprint density at radius 3 is 2.15 bits per heavy atom. The van der Waals surface area contributed by atoms with Gasteiger partial charge in [0.1, 0.15) is 12.6 Å². The molecule has 1 aliphatic heterocycles. The van der Waals surface area contributed by atoms with E-state index in [1.807, 2.05) is 28.8 Å². The number of hydrogen-bond acceptors (Lipinski definition) is 3. The van der Waals surface area contributed by atoms with Gasteiger partial charge >= 0.3 is 5.97 Å². The molecule has 2 heterocycles. The zero-order valence-electron chi connectivity index (χ0n) is 14.1. The first-order valence-corrected chi connectivity index (χ1v) is 8.60. The number of benzene rings is 2. The molecule has 0 saturated carbocycles. The van der Waals surface area contributed by atoms with E-state index in [9.17, 15) is 19.5 Å². The predicted molar refractivity (Wildman–Crippen MR) is 98.1 cm³/mol. The van der Waals surface area contributed by atoms with Crippen molar-refractivity contribution in [1.82, 2.24) is 9.47 Å². The standard InChI is InChI=1S/C20H18N2O4/c23-18(21-11-5-10-17(21)20(25)26)12-22-15-8-3-1-6-13(15)19(24)14-7-2-4-9-16(14)22/h1-4,6-9,17H,5,10-12H2,(H,25,26). The van der Waals surface area contributed by atoms with E-state index in [0.717, 1.165) is 0 Å². The third-order valence-corrected chi connectivity index (χ3v) is 5.03. The van der Waals surface area contributed by atoms with Crippen LogP contribution in [0.4, 0.5) is 0 Å². The number of pyridine rings is 1. The molecule has 1 aliphatic rings. The maximum Gasteiger partial charge on any atom is 0.326 e. The van der Waals surface area contributed by atoms with Gasteiger partial charge in [-0.1, -0.05) is 24.3 Å². The molecule has 0 radical (unpaired) electrons. The van der Waals surface area contributed by atoms with E-state index < -0.39 is 12.0 Å². The van der Waals surface area contributed by atoms with Gasteiger partial charge in [0.05, 0.1) is 11.0 Å². The number of carbonyl (C=O) groups excluding carboxylic acids is 1. The van der Waals surface area contributed by atoms with Gasteiger partial charge in [0.15, 0.2) is 5.43 Å². The second-order valence-electron chi connectivity index (χ2n) is 6.53. The minimum absolute atomic E-state index is 0.00505. The lowest BCUT2D eigenvalue weighted by Gasteiger charge is -2.23. The van der Waals surface area contributed by atoms with Crippen molar-refractivity contribution >= 4 is 33.7 Å². The van der Waals surface area contributed by atoms with Crippen molar-refractivity contribution in [2.24, 2.45) is 0 Å². The predicted octanol–water partition coefficient (Wildman–Crippen LogP) is 2.23. The number of hydrogen-bond donors (Lipinski definition) is 1. The van der Waals surface area contributed by atoms with Crippen molar-refractivity contribution in [3.63, 3.8) is 0 Å². The number of likely N-dealkylation sites (tertiary alicyclic amines) is 1. The summed E-state index contributed by atoms with van der Waals surface area (Å²) >= 11 is 0. The highest BCUT2D eigenvalue weighted by Gasteiger charge is 2.34. The summed E-state index contributed by atoms with van der Waals surface area (Å²) in [5.41, 5.74) is 1.29. The van der Waals surface area contributed by atoms with Crippen LogP contribution in [0.15, 0.2) is 53.3 Å². The quantitative estimate of drug-likeness (QED) is 0.735. The van der Waals surface area contributed by atoms with E-state index in [1.165, 1.54) is 4.90 Å². The Bertz CT molecular complexity index is 1030. The number of aromatic nitrogens is 1. The van der Waals surface area contributed by atoms with Gasteiger partial charge in [0.25, 0.3) is 0 Å². The summed E-state index contributed by atoms with van der Waals surface area (Å²) in [6.07, 6.45) is 1.17. The van der Waals surface area contributed by atoms with Crippen LogP contribution in [-0.4, -0.2) is 39.0 Å². The largest absolute Gasteiger partial charge is 0.480 e. The van der Waals surface area contributed by atoms with Crippen molar-refractivity contribution < 1.29 is 14.7 Å². The van der Waals surface area contributed by atoms with Crippen molar-refractivity contribution in [2.45, 2.75) is 25.4 Å². The van der Waals surface area contributed by atoms with Gasteiger partial charge in [-0.05, 0) is 37.1 Å². The molecule has 6 heteroatoms. The smallest absolute Gasteiger partial charge is 0.326 e. The van der Waals surface area contributed by atoms with Gasteiger partial charge in [0, 0.05) is 17.3 Å². The van der Waals surface area contributed by atoms with E-state index in [-0.39, 0.29) is 17.9 Å². The van der Waals surface area contributed by atoms with Crippen LogP contribution in [0.1, 0.15) is 12.8 Å². The van der Waals surface area contributed by atoms with E-state index in [4.69, 9.17) is 0 Å². The zero-order valence-corrected chi connectivity index (χ0v) is 14.1. The number of carbonyl (C=O) groups is 2. The molecule has 1 unspecified atom stereocenters. The van der Waals surface area contributed by atoms with E-state index in [1.54, 1.807) is 24.3 Å². The Labute approximate surface area is 149 Å². The molecule has 4 rings (SSSR count). The topological polar surface area (TPSA) is 79.6 Å². The van der Waals surface area contributed by atoms with Crippen LogP contribution in [0.2, 0.25) is 0 Å². The fourth-order valence-electron chi connectivity index (χ4n) is 3.80. The van der Waals surface area contributed by atoms with E-state index in [0.29, 0.717) is 41.2 Å². The molecule has 26 heavy (non-hydrogen) atoms. The molecule has 1 atom stereocenters. The summed E-state index contributed by atoms with van der Waals surface area (Å²) < 4.78 is 1.81. The van der Waals surface area contributed by atoms with Crippen LogP contribution >= 0.6 is 0 Å². The average molecular weight is 350 g/mol. The second kappa shape index (κ2) is 6.29. The third kappa shape index (κ3) is 2.54. The average Bonchev–Trinajstić information content (AvgIpc) is 3.15. The lowest BCUT2D eigenvalue weighted by Crippen LogP contribution is -2.42. The van der Waals surface area contributed by atoms with Gasteiger partial charge in [-0.3, -0.25) is 9.59 Å². The molecule has 0 aliphatic carbocycles. The summed E-state index contributed by atoms with van der Waals surface area (Å²) in [7, 11) is 0. The van der Waals surface area contributed by atoms with Gasteiger partial charge in [0.2, 0.25) is 5.91 Å². The van der Waals surface area contributed by atoms with Gasteiger partial charge < -0.3 is 14.6 Å². The van der Waals surface area contributed by atoms with Crippen LogP contribution < -0.4 is 5.43 Å². The number of carboxylic acids is 1. The Morgan fingerprint density at radius 2 is 1.58 bits per heavy atom. The van der Waals surface area contributed by atoms with E-state index >= 15 is 0 Å². The zero-order chi connectivity index (χ0) is 18.3. The molecule has 1 aromatic heterocycles. The maximum absolute atomic E-state index is 12.9. The molecule has 1 fully saturated rings. The molecule has 1 N–H and O–H groups in total. The number of carboxylic acid groups (broad SMARTS) is 1. The summed E-state index contributed by atoms with van der Waals surface area (Å²) in [5, 5.41) is 10.4. The second-order valence-corrected chi connectivity index (χ2v) is 6.53. The number of para-hydroxylation sites is 2. The SMILES string of the molecule is O=C(O)C1CCCN1C(=O)Cn1c2ccccc2c(=O)c2ccccc21. The number of rotatable bonds is 3. The molecule has 2 aromatic carbocycles. The Morgan fingerprint density at radius 1 is 1.00 bits per heavy atom. The van der Waals surface area contributed by atoms with Crippen molar-refractivity contribution in [2.75, 3.05) is 6.54 Å². The minimum Gasteiger partial charge on any atom is -0.480 e. The number of nitrogens with zero attached hydrogens (tertiary/aromatic N) is 2. The van der Waals surface area contributed by atoms with Crippen LogP contribution in [0.5, 0.6) is 0 Å². The number of fused-ring (bicyclic) bond motifs is 2. The van der Waals surface area contributed by atoms with Gasteiger partial charge in [-0.25, -0.2) is 4.79 Å². The summed E-state index contributed by atoms with van der Waals surface area (Å²) in [4.78, 5) is 38.4. The first-order valence-electron chi connectivity index (χ1n) is 8.60. The Hall–Kier alpha value is -3.15. The molecular formula is C20H18N2O4. The van der Waals surface area contributed by atoms with E-state index in [2.05, 4.69) is 0 Å². The fraction of sp³-hybridized carbons (Fsp3) is 0.250. The summed E-state index contributed by atoms with van der Waals surface area (Å²) in [5.74, 6) is -1.21. The first-order chi connectivity index (χ1) is 12.6. The molecule has 3 aromatic rings. The Kier molecular flexibility index (Phi) is 3.95. The molecule has 0 bridgehead atoms. The number of amides is 1. The molecule has 1 saturated heterocycles. The van der Waals surface area contributed by atoms with Crippen molar-refractivity contribution in [3.8, 4) is 0 Å². The lowest BCUT2D eigenvalue weighted by atomic mass is 10.1. The highest BCUT2D eigenvalue weighted by atomic mass is 16.4. The highest BCUT2D eigenvalue weighted by molar-refractivity contribution is 5.95. The minimum atomic E-state index is -0.967. The van der Waals surface area contributed by atoms with Crippen LogP contribution in [0, 0.1) is 0 Å². The molecule has 0 spiro atoms. The van der Waals surface area contributed by atoms with Crippen LogP contribution in [0.25, 0.3) is 21.8 Å². The Balaban J connectivity index is 1.85. The maximum atomic E-state index is 12.9. The summed E-state index contributed by atoms with van der Waals surface area (Å²) in [6, 6.07) is 13.6. The van der Waals surface area contributed by atoms with Gasteiger partial charge in [-0.2, -0.15) is 0 Å². The fourth-order valence-corrected chi connectivity index (χ4v) is 3.80. The summed E-state index contributed by atoms with van der Waals surface area (Å²) in [6.45, 7) is 0.455. The van der Waals surface area contributed by atoms with Crippen molar-refractivity contribution in [3.05, 3.63) is 58.8 Å². The van der Waals surface area contributed by atoms with Crippen LogP contribution in [0.3, 0.4) is 0 Å². The van der Waals surface area contributed by atoms with Gasteiger partial charge in [-0.15, -0.1) is 0 Å². The highest BCUT2D eigenvalue weighted by Crippen LogP contribution is 2.22. The molecule has 6 nitrogen and oxygen atoms in total. The first kappa shape index (κ1) is 16.3. The molecule has 132 valence electrons. The third-order valence-electron chi connectivity index (χ3n) is 5.03. The molecular weight excluding hydrogens is 332 g/mol. The monoisotopic (exact) mass is 350 g/mol. The molecule has 1 amide bonds. The van der Waals surface area contributed by atoms with Crippen molar-refractivity contribution in [1.29, 1.82) is 0 Å². The number of aliphatic carboxylic acids is 1. The normalized spacial score (nSPS) is 17.1. The lowest BCUT2D eigenvalue weighted by molar-refractivity contribution is -0.148. The van der Waals surface area contributed by atoms with Crippen LogP contribution in [-0.2, 0) is 16.1 Å².